The fourth-order valence-corrected chi connectivity index (χ4v) is 5.09. The molecule has 0 N–H and O–H groups in total. The Kier molecular flexibility index (Phi) is 4.52. The normalized spacial score (nSPS) is 27.5. The van der Waals surface area contributed by atoms with E-state index in [0.29, 0.717) is 5.92 Å². The Labute approximate surface area is 152 Å². The first kappa shape index (κ1) is 16.6. The monoisotopic (exact) mass is 332 g/mol. The molecule has 2 aromatic rings. The van der Waals surface area contributed by atoms with Gasteiger partial charge < -0.3 is 4.48 Å². The van der Waals surface area contributed by atoms with Crippen molar-refractivity contribution in [3.8, 4) is 0 Å². The van der Waals surface area contributed by atoms with Gasteiger partial charge in [0.2, 0.25) is 0 Å². The van der Waals surface area contributed by atoms with Crippen LogP contribution in [0.2, 0.25) is 0 Å². The standard InChI is InChI=1S/C24H30N/c1-25(2)22-14-9-15-23(25)17-19(16-22)18-24(20-10-5-3-6-11-20)21-12-7-4-8-13-21/h3-8,10-13,18-19,22-23H,9,14-17H2,1-2H3/q+1. The molecule has 0 radical (unpaired) electrons. The molecule has 2 bridgehead atoms. The third-order valence-electron chi connectivity index (χ3n) is 6.68. The first-order valence-electron chi connectivity index (χ1n) is 9.80. The van der Waals surface area contributed by atoms with Crippen molar-refractivity contribution >= 4 is 5.57 Å². The summed E-state index contributed by atoms with van der Waals surface area (Å²) in [5, 5.41) is 0. The van der Waals surface area contributed by atoms with E-state index >= 15 is 0 Å². The predicted molar refractivity (Wildman–Crippen MR) is 106 cm³/mol. The minimum atomic E-state index is 0.705. The molecule has 1 heteroatoms. The molecule has 2 saturated heterocycles. The van der Waals surface area contributed by atoms with Gasteiger partial charge in [-0.05, 0) is 41.9 Å². The highest BCUT2D eigenvalue weighted by atomic mass is 15.4. The Morgan fingerprint density at radius 3 is 1.76 bits per heavy atom. The summed E-state index contributed by atoms with van der Waals surface area (Å²) in [4.78, 5) is 0. The molecule has 0 saturated carbocycles. The Bertz CT molecular complexity index is 672. The number of rotatable bonds is 3. The lowest BCUT2D eigenvalue weighted by atomic mass is 9.75. The van der Waals surface area contributed by atoms with Gasteiger partial charge in [-0.25, -0.2) is 0 Å². The predicted octanol–water partition coefficient (Wildman–Crippen LogP) is 5.53. The van der Waals surface area contributed by atoms with Crippen LogP contribution in [0.1, 0.15) is 43.2 Å². The Hall–Kier alpha value is -1.86. The topological polar surface area (TPSA) is 0 Å². The van der Waals surface area contributed by atoms with Crippen molar-refractivity contribution in [2.24, 2.45) is 5.92 Å². The van der Waals surface area contributed by atoms with Gasteiger partial charge in [0.05, 0.1) is 26.2 Å². The highest BCUT2D eigenvalue weighted by Gasteiger charge is 2.45. The van der Waals surface area contributed by atoms with Gasteiger partial charge in [0.25, 0.3) is 0 Å². The van der Waals surface area contributed by atoms with Crippen molar-refractivity contribution in [1.82, 2.24) is 0 Å². The molecule has 2 aromatic carbocycles. The average Bonchev–Trinajstić information content (AvgIpc) is 2.61. The average molecular weight is 333 g/mol. The first-order valence-corrected chi connectivity index (χ1v) is 9.80. The van der Waals surface area contributed by atoms with Gasteiger partial charge in [-0.3, -0.25) is 0 Å². The van der Waals surface area contributed by atoms with Gasteiger partial charge in [-0.15, -0.1) is 0 Å². The second-order valence-corrected chi connectivity index (χ2v) is 8.41. The smallest absolute Gasteiger partial charge is 0.0894 e. The minimum absolute atomic E-state index is 0.705. The van der Waals surface area contributed by atoms with Gasteiger partial charge in [0.1, 0.15) is 0 Å². The van der Waals surface area contributed by atoms with E-state index in [1.54, 1.807) is 0 Å². The summed E-state index contributed by atoms with van der Waals surface area (Å²) in [5.41, 5.74) is 4.10. The second kappa shape index (κ2) is 6.80. The molecule has 2 heterocycles. The Morgan fingerprint density at radius 2 is 1.28 bits per heavy atom. The fraction of sp³-hybridized carbons (Fsp3) is 0.417. The van der Waals surface area contributed by atoms with Crippen LogP contribution in [0.25, 0.3) is 5.57 Å². The number of fused-ring (bicyclic) bond motifs is 2. The summed E-state index contributed by atoms with van der Waals surface area (Å²) in [6.45, 7) is 0. The number of hydrogen-bond donors (Lipinski definition) is 0. The van der Waals surface area contributed by atoms with E-state index < -0.39 is 0 Å². The number of quaternary nitrogens is 1. The van der Waals surface area contributed by atoms with E-state index in [9.17, 15) is 0 Å². The summed E-state index contributed by atoms with van der Waals surface area (Å²) in [6, 6.07) is 23.5. The van der Waals surface area contributed by atoms with E-state index in [4.69, 9.17) is 0 Å². The number of hydrogen-bond acceptors (Lipinski definition) is 0. The Morgan fingerprint density at radius 1 is 0.800 bits per heavy atom. The first-order chi connectivity index (χ1) is 12.1. The third-order valence-corrected chi connectivity index (χ3v) is 6.68. The summed E-state index contributed by atoms with van der Waals surface area (Å²) >= 11 is 0. The number of piperidine rings is 2. The zero-order chi connectivity index (χ0) is 17.3. The fourth-order valence-electron chi connectivity index (χ4n) is 5.09. The van der Waals surface area contributed by atoms with Gasteiger partial charge in [-0.2, -0.15) is 0 Å². The van der Waals surface area contributed by atoms with E-state index in [1.165, 1.54) is 53.3 Å². The summed E-state index contributed by atoms with van der Waals surface area (Å²) in [6.07, 6.45) is 9.51. The van der Waals surface area contributed by atoms with Gasteiger partial charge in [0.15, 0.2) is 0 Å². The number of nitrogens with zero attached hydrogens (tertiary/aromatic N) is 1. The molecule has 0 spiro atoms. The Balaban J connectivity index is 1.69. The van der Waals surface area contributed by atoms with Crippen LogP contribution < -0.4 is 0 Å². The molecule has 2 atom stereocenters. The highest BCUT2D eigenvalue weighted by molar-refractivity contribution is 5.79. The van der Waals surface area contributed by atoms with Crippen LogP contribution >= 0.6 is 0 Å². The SMILES string of the molecule is C[N+]1(C)C2CCCC1CC(C=C(c1ccccc1)c1ccccc1)C2. The lowest BCUT2D eigenvalue weighted by Gasteiger charge is -2.53. The van der Waals surface area contributed by atoms with Crippen LogP contribution in [0.3, 0.4) is 0 Å². The van der Waals surface area contributed by atoms with Crippen molar-refractivity contribution in [1.29, 1.82) is 0 Å². The second-order valence-electron chi connectivity index (χ2n) is 8.41. The van der Waals surface area contributed by atoms with Crippen LogP contribution in [0.4, 0.5) is 0 Å². The molecule has 0 aliphatic carbocycles. The van der Waals surface area contributed by atoms with Crippen molar-refractivity contribution in [2.75, 3.05) is 14.1 Å². The molecule has 2 aliphatic heterocycles. The largest absolute Gasteiger partial charge is 0.324 e. The van der Waals surface area contributed by atoms with Gasteiger partial charge in [0, 0.05) is 12.8 Å². The molecule has 0 amide bonds. The molecular formula is C24H30N+. The molecular weight excluding hydrogens is 302 g/mol. The van der Waals surface area contributed by atoms with Crippen LogP contribution in [-0.2, 0) is 0 Å². The molecule has 0 aromatic heterocycles. The van der Waals surface area contributed by atoms with Crippen LogP contribution in [0.15, 0.2) is 66.7 Å². The molecule has 2 aliphatic rings. The van der Waals surface area contributed by atoms with Crippen molar-refractivity contribution < 1.29 is 4.48 Å². The van der Waals surface area contributed by atoms with E-state index in [2.05, 4.69) is 80.8 Å². The zero-order valence-corrected chi connectivity index (χ0v) is 15.6. The maximum Gasteiger partial charge on any atom is 0.0894 e. The van der Waals surface area contributed by atoms with E-state index in [-0.39, 0.29) is 0 Å². The van der Waals surface area contributed by atoms with Crippen LogP contribution in [0, 0.1) is 5.92 Å². The van der Waals surface area contributed by atoms with Crippen LogP contribution in [-0.4, -0.2) is 30.7 Å². The minimum Gasteiger partial charge on any atom is -0.324 e. The number of benzene rings is 2. The van der Waals surface area contributed by atoms with E-state index in [0.717, 1.165) is 12.1 Å². The third kappa shape index (κ3) is 3.30. The molecule has 2 unspecified atom stereocenters. The van der Waals surface area contributed by atoms with Crippen LogP contribution in [0.5, 0.6) is 0 Å². The molecule has 25 heavy (non-hydrogen) atoms. The number of allylic oxidation sites excluding steroid dienone is 1. The van der Waals surface area contributed by atoms with E-state index in [1.807, 2.05) is 0 Å². The van der Waals surface area contributed by atoms with Crippen molar-refractivity contribution in [2.45, 2.75) is 44.2 Å². The lowest BCUT2D eigenvalue weighted by molar-refractivity contribution is -0.950. The van der Waals surface area contributed by atoms with Crippen molar-refractivity contribution in [3.05, 3.63) is 77.9 Å². The summed E-state index contributed by atoms with van der Waals surface area (Å²) in [5.74, 6) is 0.705. The quantitative estimate of drug-likeness (QED) is 0.649. The summed E-state index contributed by atoms with van der Waals surface area (Å²) < 4.78 is 1.25. The molecule has 4 rings (SSSR count). The highest BCUT2D eigenvalue weighted by Crippen LogP contribution is 2.42. The maximum absolute atomic E-state index is 2.59. The molecule has 2 fully saturated rings. The lowest BCUT2D eigenvalue weighted by Crippen LogP contribution is -2.61. The van der Waals surface area contributed by atoms with Gasteiger partial charge in [-0.1, -0.05) is 66.7 Å². The molecule has 1 nitrogen and oxygen atoms in total. The summed E-state index contributed by atoms with van der Waals surface area (Å²) in [7, 11) is 4.92. The van der Waals surface area contributed by atoms with Gasteiger partial charge >= 0.3 is 0 Å². The zero-order valence-electron chi connectivity index (χ0n) is 15.6. The van der Waals surface area contributed by atoms with Crippen molar-refractivity contribution in [3.63, 3.8) is 0 Å². The molecule has 130 valence electrons. The maximum atomic E-state index is 2.59.